The van der Waals surface area contributed by atoms with Crippen molar-refractivity contribution in [3.05, 3.63) is 0 Å². The van der Waals surface area contributed by atoms with Crippen molar-refractivity contribution >= 4 is 6.03 Å². The first kappa shape index (κ1) is 11.7. The van der Waals surface area contributed by atoms with Gasteiger partial charge < -0.3 is 10.2 Å². The molecule has 0 aromatic rings. The van der Waals surface area contributed by atoms with Crippen LogP contribution in [0.3, 0.4) is 0 Å². The van der Waals surface area contributed by atoms with Gasteiger partial charge in [0.1, 0.15) is 0 Å². The molecule has 1 aliphatic heterocycles. The van der Waals surface area contributed by atoms with Crippen LogP contribution in [0.25, 0.3) is 0 Å². The zero-order chi connectivity index (χ0) is 11.2. The zero-order valence-corrected chi connectivity index (χ0v) is 10.2. The minimum absolute atomic E-state index is 0.168. The second kappa shape index (κ2) is 6.12. The normalized spacial score (nSPS) is 22.4. The predicted octanol–water partition coefficient (Wildman–Crippen LogP) is 2.76. The monoisotopic (exact) mass is 224 g/mol. The molecule has 1 saturated carbocycles. The quantitative estimate of drug-likeness (QED) is 0.785. The van der Waals surface area contributed by atoms with E-state index in [1.165, 1.54) is 51.4 Å². The molecule has 1 aliphatic carbocycles. The van der Waals surface area contributed by atoms with Crippen LogP contribution in [-0.2, 0) is 0 Å². The topological polar surface area (TPSA) is 32.3 Å². The van der Waals surface area contributed by atoms with Gasteiger partial charge in [0.25, 0.3) is 0 Å². The lowest BCUT2D eigenvalue weighted by Crippen LogP contribution is -2.41. The maximum Gasteiger partial charge on any atom is 0.317 e. The van der Waals surface area contributed by atoms with Gasteiger partial charge >= 0.3 is 6.03 Å². The van der Waals surface area contributed by atoms with Gasteiger partial charge in [0.05, 0.1) is 0 Å². The van der Waals surface area contributed by atoms with Crippen molar-refractivity contribution in [3.63, 3.8) is 0 Å². The molecule has 2 fully saturated rings. The molecule has 1 heterocycles. The van der Waals surface area contributed by atoms with Crippen LogP contribution >= 0.6 is 0 Å². The van der Waals surface area contributed by atoms with Gasteiger partial charge in [-0.05, 0) is 25.2 Å². The third kappa shape index (κ3) is 3.39. The number of rotatable bonds is 3. The summed E-state index contributed by atoms with van der Waals surface area (Å²) in [5, 5.41) is 3.07. The fourth-order valence-corrected chi connectivity index (χ4v) is 2.55. The predicted molar refractivity (Wildman–Crippen MR) is 65.4 cm³/mol. The third-order valence-electron chi connectivity index (χ3n) is 3.95. The lowest BCUT2D eigenvalue weighted by Gasteiger charge is -2.26. The van der Waals surface area contributed by atoms with Crippen molar-refractivity contribution in [2.75, 3.05) is 19.6 Å². The molecule has 0 atom stereocenters. The summed E-state index contributed by atoms with van der Waals surface area (Å²) in [4.78, 5) is 13.8. The Morgan fingerprint density at radius 3 is 2.31 bits per heavy atom. The van der Waals surface area contributed by atoms with Crippen LogP contribution < -0.4 is 5.32 Å². The number of urea groups is 1. The summed E-state index contributed by atoms with van der Waals surface area (Å²) in [6.45, 7) is 2.78. The number of nitrogens with zero attached hydrogens (tertiary/aromatic N) is 1. The molecule has 2 rings (SSSR count). The van der Waals surface area contributed by atoms with E-state index in [0.717, 1.165) is 25.6 Å². The summed E-state index contributed by atoms with van der Waals surface area (Å²) in [7, 11) is 0. The van der Waals surface area contributed by atoms with Crippen LogP contribution in [0.5, 0.6) is 0 Å². The lowest BCUT2D eigenvalue weighted by molar-refractivity contribution is 0.197. The number of nitrogens with one attached hydrogen (secondary N) is 1. The molecule has 16 heavy (non-hydrogen) atoms. The SMILES string of the molecule is O=C(NCCC1CCC1)N1CCCCCC1. The average molecular weight is 224 g/mol. The number of carbonyl (C=O) groups excluding carboxylic acids is 1. The van der Waals surface area contributed by atoms with E-state index in [9.17, 15) is 4.79 Å². The second-order valence-corrected chi connectivity index (χ2v) is 5.22. The minimum atomic E-state index is 0.168. The summed E-state index contributed by atoms with van der Waals surface area (Å²) in [5.41, 5.74) is 0. The smallest absolute Gasteiger partial charge is 0.317 e. The molecule has 3 nitrogen and oxygen atoms in total. The minimum Gasteiger partial charge on any atom is -0.338 e. The Morgan fingerprint density at radius 1 is 1.06 bits per heavy atom. The van der Waals surface area contributed by atoms with Crippen molar-refractivity contribution in [2.24, 2.45) is 5.92 Å². The summed E-state index contributed by atoms with van der Waals surface area (Å²) in [5.74, 6) is 0.893. The standard InChI is InChI=1S/C13H24N2O/c16-13(14-9-8-12-6-5-7-12)15-10-3-1-2-4-11-15/h12H,1-11H2,(H,14,16). The molecule has 0 unspecified atom stereocenters. The first-order chi connectivity index (χ1) is 7.86. The van der Waals surface area contributed by atoms with E-state index in [0.29, 0.717) is 0 Å². The number of hydrogen-bond donors (Lipinski definition) is 1. The Hall–Kier alpha value is -0.730. The van der Waals surface area contributed by atoms with Crippen LogP contribution in [0.4, 0.5) is 4.79 Å². The molecule has 2 amide bonds. The second-order valence-electron chi connectivity index (χ2n) is 5.22. The van der Waals surface area contributed by atoms with Gasteiger partial charge in [-0.3, -0.25) is 0 Å². The van der Waals surface area contributed by atoms with Crippen LogP contribution in [0.2, 0.25) is 0 Å². The molecule has 0 spiro atoms. The van der Waals surface area contributed by atoms with Gasteiger partial charge in [-0.15, -0.1) is 0 Å². The maximum atomic E-state index is 11.9. The first-order valence-electron chi connectivity index (χ1n) is 6.89. The van der Waals surface area contributed by atoms with E-state index in [1.807, 2.05) is 4.90 Å². The van der Waals surface area contributed by atoms with E-state index in [-0.39, 0.29) is 6.03 Å². The van der Waals surface area contributed by atoms with Crippen molar-refractivity contribution in [1.82, 2.24) is 10.2 Å². The first-order valence-corrected chi connectivity index (χ1v) is 6.89. The number of hydrogen-bond acceptors (Lipinski definition) is 1. The van der Waals surface area contributed by atoms with Crippen LogP contribution in [-0.4, -0.2) is 30.6 Å². The fraction of sp³-hybridized carbons (Fsp3) is 0.923. The fourth-order valence-electron chi connectivity index (χ4n) is 2.55. The van der Waals surface area contributed by atoms with Gasteiger partial charge in [0.2, 0.25) is 0 Å². The van der Waals surface area contributed by atoms with Gasteiger partial charge in [-0.25, -0.2) is 4.79 Å². The highest BCUT2D eigenvalue weighted by atomic mass is 16.2. The van der Waals surface area contributed by atoms with Crippen LogP contribution in [0.15, 0.2) is 0 Å². The van der Waals surface area contributed by atoms with Crippen molar-refractivity contribution in [1.29, 1.82) is 0 Å². The van der Waals surface area contributed by atoms with Crippen LogP contribution in [0.1, 0.15) is 51.4 Å². The van der Waals surface area contributed by atoms with Crippen molar-refractivity contribution < 1.29 is 4.79 Å². The van der Waals surface area contributed by atoms with E-state index in [2.05, 4.69) is 5.32 Å². The summed E-state index contributed by atoms with van der Waals surface area (Å²) < 4.78 is 0. The van der Waals surface area contributed by atoms with Crippen molar-refractivity contribution in [3.8, 4) is 0 Å². The molecule has 0 aromatic heterocycles. The summed E-state index contributed by atoms with van der Waals surface area (Å²) in [6.07, 6.45) is 10.2. The average Bonchev–Trinajstić information content (AvgIpc) is 2.49. The number of amides is 2. The number of carbonyl (C=O) groups is 1. The molecule has 1 saturated heterocycles. The Bertz CT molecular complexity index is 218. The van der Waals surface area contributed by atoms with Crippen molar-refractivity contribution in [2.45, 2.75) is 51.4 Å². The summed E-state index contributed by atoms with van der Waals surface area (Å²) >= 11 is 0. The molecule has 2 aliphatic rings. The third-order valence-corrected chi connectivity index (χ3v) is 3.95. The Labute approximate surface area is 98.6 Å². The molecule has 0 aromatic carbocycles. The Balaban J connectivity index is 1.61. The Kier molecular flexibility index (Phi) is 4.49. The van der Waals surface area contributed by atoms with E-state index < -0.39 is 0 Å². The zero-order valence-electron chi connectivity index (χ0n) is 10.2. The van der Waals surface area contributed by atoms with Gasteiger partial charge in [0.15, 0.2) is 0 Å². The molecular formula is C13H24N2O. The van der Waals surface area contributed by atoms with Gasteiger partial charge in [0, 0.05) is 19.6 Å². The molecule has 0 radical (unpaired) electrons. The molecule has 92 valence electrons. The van der Waals surface area contributed by atoms with E-state index in [1.54, 1.807) is 0 Å². The highest BCUT2D eigenvalue weighted by molar-refractivity contribution is 5.74. The molecule has 1 N–H and O–H groups in total. The van der Waals surface area contributed by atoms with Crippen LogP contribution in [0, 0.1) is 5.92 Å². The maximum absolute atomic E-state index is 11.9. The highest BCUT2D eigenvalue weighted by Gasteiger charge is 2.18. The molecule has 3 heteroatoms. The lowest BCUT2D eigenvalue weighted by atomic mass is 9.83. The largest absolute Gasteiger partial charge is 0.338 e. The molecular weight excluding hydrogens is 200 g/mol. The number of likely N-dealkylation sites (tertiary alicyclic amines) is 1. The van der Waals surface area contributed by atoms with E-state index >= 15 is 0 Å². The summed E-state index contributed by atoms with van der Waals surface area (Å²) in [6, 6.07) is 0.168. The molecule has 0 bridgehead atoms. The van der Waals surface area contributed by atoms with Gasteiger partial charge in [-0.1, -0.05) is 32.1 Å². The Morgan fingerprint density at radius 2 is 1.75 bits per heavy atom. The highest BCUT2D eigenvalue weighted by Crippen LogP contribution is 2.28. The van der Waals surface area contributed by atoms with E-state index in [4.69, 9.17) is 0 Å². The van der Waals surface area contributed by atoms with Gasteiger partial charge in [-0.2, -0.15) is 0 Å².